The molecule has 0 bridgehead atoms. The third-order valence-corrected chi connectivity index (χ3v) is 3.85. The van der Waals surface area contributed by atoms with Gasteiger partial charge in [0.15, 0.2) is 0 Å². The quantitative estimate of drug-likeness (QED) is 0.572. The second-order valence-electron chi connectivity index (χ2n) is 5.56. The monoisotopic (exact) mass is 278 g/mol. The van der Waals surface area contributed by atoms with E-state index < -0.39 is 0 Å². The number of nitrogens with two attached hydrogens (primary N) is 2. The van der Waals surface area contributed by atoms with Crippen LogP contribution in [0.2, 0.25) is 0 Å². The second-order valence-corrected chi connectivity index (χ2v) is 5.56. The first kappa shape index (κ1) is 17.0. The summed E-state index contributed by atoms with van der Waals surface area (Å²) < 4.78 is 0. The number of benzene rings is 1. The predicted molar refractivity (Wildman–Crippen MR) is 85.8 cm³/mol. The molecule has 0 fully saturated rings. The van der Waals surface area contributed by atoms with Crippen molar-refractivity contribution < 1.29 is 5.11 Å². The fourth-order valence-electron chi connectivity index (χ4n) is 2.64. The van der Waals surface area contributed by atoms with Crippen LogP contribution in [0.15, 0.2) is 18.2 Å². The van der Waals surface area contributed by atoms with Crippen LogP contribution in [0.3, 0.4) is 0 Å². The summed E-state index contributed by atoms with van der Waals surface area (Å²) in [7, 11) is 0. The first-order valence-electron chi connectivity index (χ1n) is 7.97. The molecule has 1 rings (SSSR count). The van der Waals surface area contributed by atoms with Crippen LogP contribution in [0.4, 0.5) is 0 Å². The Bertz CT molecular complexity index is 379. The van der Waals surface area contributed by atoms with Crippen LogP contribution in [0.5, 0.6) is 5.75 Å². The maximum absolute atomic E-state index is 9.96. The Morgan fingerprint density at radius 3 is 2.35 bits per heavy atom. The molecule has 0 aliphatic rings. The molecule has 0 aliphatic carbocycles. The molecule has 1 unspecified atom stereocenters. The molecule has 0 aliphatic heterocycles. The van der Waals surface area contributed by atoms with Gasteiger partial charge in [-0.1, -0.05) is 57.6 Å². The van der Waals surface area contributed by atoms with Crippen LogP contribution in [0.1, 0.15) is 69.0 Å². The van der Waals surface area contributed by atoms with Gasteiger partial charge < -0.3 is 16.6 Å². The van der Waals surface area contributed by atoms with Gasteiger partial charge in [-0.3, -0.25) is 0 Å². The summed E-state index contributed by atoms with van der Waals surface area (Å²) >= 11 is 0. The van der Waals surface area contributed by atoms with Crippen molar-refractivity contribution in [3.63, 3.8) is 0 Å². The van der Waals surface area contributed by atoms with Crippen LogP contribution >= 0.6 is 0 Å². The maximum Gasteiger partial charge on any atom is 0.120 e. The molecule has 1 aromatic rings. The highest BCUT2D eigenvalue weighted by Gasteiger charge is 2.13. The molecule has 1 aromatic carbocycles. The summed E-state index contributed by atoms with van der Waals surface area (Å²) in [5.41, 5.74) is 13.6. The summed E-state index contributed by atoms with van der Waals surface area (Å²) in [6.45, 7) is 2.60. The molecule has 1 atom stereocenters. The standard InChI is InChI=1S/C17H30N2O/c1-2-3-4-5-6-7-8-10-14-11-9-12-16(20)17(14)15(19)13-18/h9,11-12,15,20H,2-8,10,13,18-19H2,1H3. The Hall–Kier alpha value is -1.06. The van der Waals surface area contributed by atoms with E-state index in [-0.39, 0.29) is 11.8 Å². The Morgan fingerprint density at radius 1 is 1.05 bits per heavy atom. The number of phenols is 1. The van der Waals surface area contributed by atoms with E-state index in [1.165, 1.54) is 38.5 Å². The largest absolute Gasteiger partial charge is 0.508 e. The Kier molecular flexibility index (Phi) is 8.31. The van der Waals surface area contributed by atoms with Crippen LogP contribution in [-0.4, -0.2) is 11.7 Å². The summed E-state index contributed by atoms with van der Waals surface area (Å²) in [4.78, 5) is 0. The zero-order valence-electron chi connectivity index (χ0n) is 12.8. The number of aromatic hydroxyl groups is 1. The zero-order chi connectivity index (χ0) is 14.8. The summed E-state index contributed by atoms with van der Waals surface area (Å²) in [6, 6.07) is 5.37. The molecule has 114 valence electrons. The minimum absolute atomic E-state index is 0.268. The molecule has 0 saturated heterocycles. The molecule has 0 heterocycles. The van der Waals surface area contributed by atoms with E-state index in [2.05, 4.69) is 13.0 Å². The van der Waals surface area contributed by atoms with E-state index >= 15 is 0 Å². The van der Waals surface area contributed by atoms with Gasteiger partial charge in [-0.15, -0.1) is 0 Å². The van der Waals surface area contributed by atoms with Crippen molar-refractivity contribution in [1.82, 2.24) is 0 Å². The lowest BCUT2D eigenvalue weighted by Gasteiger charge is -2.16. The molecule has 3 nitrogen and oxygen atoms in total. The SMILES string of the molecule is CCCCCCCCCc1cccc(O)c1C(N)CN. The summed E-state index contributed by atoms with van der Waals surface area (Å²) in [6.07, 6.45) is 10.0. The molecule has 20 heavy (non-hydrogen) atoms. The predicted octanol–water partition coefficient (Wildman–Crippen LogP) is 3.64. The lowest BCUT2D eigenvalue weighted by molar-refractivity contribution is 0.460. The second kappa shape index (κ2) is 9.78. The molecule has 0 saturated carbocycles. The van der Waals surface area contributed by atoms with Crippen molar-refractivity contribution >= 4 is 0 Å². The van der Waals surface area contributed by atoms with Gasteiger partial charge >= 0.3 is 0 Å². The molecule has 0 aromatic heterocycles. The minimum Gasteiger partial charge on any atom is -0.508 e. The number of unbranched alkanes of at least 4 members (excludes halogenated alkanes) is 6. The smallest absolute Gasteiger partial charge is 0.120 e. The van der Waals surface area contributed by atoms with Gasteiger partial charge in [0.25, 0.3) is 0 Å². The number of hydrogen-bond donors (Lipinski definition) is 3. The topological polar surface area (TPSA) is 72.3 Å². The Balaban J connectivity index is 2.42. The van der Waals surface area contributed by atoms with Gasteiger partial charge in [0, 0.05) is 18.2 Å². The van der Waals surface area contributed by atoms with E-state index in [0.29, 0.717) is 6.54 Å². The van der Waals surface area contributed by atoms with Crippen LogP contribution < -0.4 is 11.5 Å². The number of rotatable bonds is 10. The van der Waals surface area contributed by atoms with E-state index in [1.54, 1.807) is 6.07 Å². The van der Waals surface area contributed by atoms with Crippen molar-refractivity contribution in [2.75, 3.05) is 6.54 Å². The first-order chi connectivity index (χ1) is 9.70. The molecule has 5 N–H and O–H groups in total. The van der Waals surface area contributed by atoms with Crippen molar-refractivity contribution in [3.05, 3.63) is 29.3 Å². The van der Waals surface area contributed by atoms with Crippen molar-refractivity contribution in [2.24, 2.45) is 11.5 Å². The molecule has 0 spiro atoms. The van der Waals surface area contributed by atoms with Crippen LogP contribution in [0, 0.1) is 0 Å². The van der Waals surface area contributed by atoms with Gasteiger partial charge in [0.2, 0.25) is 0 Å². The van der Waals surface area contributed by atoms with Crippen LogP contribution in [0.25, 0.3) is 0 Å². The normalized spacial score (nSPS) is 12.6. The Morgan fingerprint density at radius 2 is 1.70 bits per heavy atom. The van der Waals surface area contributed by atoms with Gasteiger partial charge in [0.1, 0.15) is 5.75 Å². The van der Waals surface area contributed by atoms with Gasteiger partial charge in [0.05, 0.1) is 0 Å². The molecule has 3 heteroatoms. The highest BCUT2D eigenvalue weighted by atomic mass is 16.3. The van der Waals surface area contributed by atoms with Crippen molar-refractivity contribution in [1.29, 1.82) is 0 Å². The molecule has 0 radical (unpaired) electrons. The third-order valence-electron chi connectivity index (χ3n) is 3.85. The number of aryl methyl sites for hydroxylation is 1. The molecule has 0 amide bonds. The third kappa shape index (κ3) is 5.51. The average Bonchev–Trinajstić information content (AvgIpc) is 2.45. The van der Waals surface area contributed by atoms with E-state index in [1.807, 2.05) is 6.07 Å². The number of hydrogen-bond acceptors (Lipinski definition) is 3. The minimum atomic E-state index is -0.268. The fourth-order valence-corrected chi connectivity index (χ4v) is 2.64. The highest BCUT2D eigenvalue weighted by molar-refractivity contribution is 5.41. The van der Waals surface area contributed by atoms with E-state index in [9.17, 15) is 5.11 Å². The lowest BCUT2D eigenvalue weighted by atomic mass is 9.95. The lowest BCUT2D eigenvalue weighted by Crippen LogP contribution is -2.22. The van der Waals surface area contributed by atoms with E-state index in [0.717, 1.165) is 24.0 Å². The van der Waals surface area contributed by atoms with E-state index in [4.69, 9.17) is 11.5 Å². The first-order valence-corrected chi connectivity index (χ1v) is 7.97. The summed E-state index contributed by atoms with van der Waals surface area (Å²) in [5, 5.41) is 9.96. The van der Waals surface area contributed by atoms with Crippen molar-refractivity contribution in [2.45, 2.75) is 64.3 Å². The number of phenolic OH excluding ortho intramolecular Hbond substituents is 1. The Labute approximate surface area is 123 Å². The maximum atomic E-state index is 9.96. The van der Waals surface area contributed by atoms with Gasteiger partial charge in [-0.25, -0.2) is 0 Å². The fraction of sp³-hybridized carbons (Fsp3) is 0.647. The molecular formula is C17H30N2O. The zero-order valence-corrected chi connectivity index (χ0v) is 12.8. The highest BCUT2D eigenvalue weighted by Crippen LogP contribution is 2.27. The molecular weight excluding hydrogens is 248 g/mol. The van der Waals surface area contributed by atoms with Crippen LogP contribution in [-0.2, 0) is 6.42 Å². The van der Waals surface area contributed by atoms with Crippen molar-refractivity contribution in [3.8, 4) is 5.75 Å². The summed E-state index contributed by atoms with van der Waals surface area (Å²) in [5.74, 6) is 0.281. The van der Waals surface area contributed by atoms with Gasteiger partial charge in [-0.2, -0.15) is 0 Å². The van der Waals surface area contributed by atoms with Gasteiger partial charge in [-0.05, 0) is 24.5 Å². The average molecular weight is 278 g/mol.